The maximum absolute atomic E-state index is 12.7. The van der Waals surface area contributed by atoms with Gasteiger partial charge in [-0.3, -0.25) is 9.59 Å². The van der Waals surface area contributed by atoms with Gasteiger partial charge in [0.05, 0.1) is 13.5 Å². The van der Waals surface area contributed by atoms with Crippen LogP contribution in [0.25, 0.3) is 0 Å². The van der Waals surface area contributed by atoms with E-state index in [1.54, 1.807) is 26.8 Å². The lowest BCUT2D eigenvalue weighted by molar-refractivity contribution is -0.190. The maximum atomic E-state index is 12.7. The molecule has 3 atom stereocenters. The van der Waals surface area contributed by atoms with E-state index in [-0.39, 0.29) is 6.42 Å². The predicted octanol–water partition coefficient (Wildman–Crippen LogP) is 5.20. The first-order valence-electron chi connectivity index (χ1n) is 12.6. The van der Waals surface area contributed by atoms with E-state index in [1.807, 2.05) is 6.08 Å². The molecule has 0 aromatic carbocycles. The topological polar surface area (TPSA) is 99.1 Å². The molecule has 7 nitrogen and oxygen atoms in total. The van der Waals surface area contributed by atoms with Gasteiger partial charge in [-0.15, -0.1) is 0 Å². The number of carbonyl (C=O) groups is 3. The molecule has 1 heterocycles. The van der Waals surface area contributed by atoms with Crippen LogP contribution < -0.4 is 0 Å². The fourth-order valence-electron chi connectivity index (χ4n) is 3.83. The van der Waals surface area contributed by atoms with E-state index < -0.39 is 47.6 Å². The molecule has 0 amide bonds. The summed E-state index contributed by atoms with van der Waals surface area (Å²) in [5, 5.41) is 11.1. The summed E-state index contributed by atoms with van der Waals surface area (Å²) < 4.78 is 15.3. The van der Waals surface area contributed by atoms with Crippen molar-refractivity contribution in [2.75, 3.05) is 7.11 Å². The van der Waals surface area contributed by atoms with Gasteiger partial charge < -0.3 is 19.3 Å². The van der Waals surface area contributed by atoms with Crippen LogP contribution in [0.1, 0.15) is 98.3 Å². The van der Waals surface area contributed by atoms with Gasteiger partial charge in [-0.25, -0.2) is 4.79 Å². The average molecular weight is 481 g/mol. The lowest BCUT2D eigenvalue weighted by Crippen LogP contribution is -2.52. The van der Waals surface area contributed by atoms with Crippen molar-refractivity contribution in [1.29, 1.82) is 0 Å². The van der Waals surface area contributed by atoms with E-state index in [0.29, 0.717) is 0 Å². The summed E-state index contributed by atoms with van der Waals surface area (Å²) in [5.41, 5.74) is -3.25. The molecular formula is C27H44O7. The van der Waals surface area contributed by atoms with Crippen LogP contribution in [0.15, 0.2) is 24.3 Å². The molecule has 34 heavy (non-hydrogen) atoms. The molecule has 1 rings (SSSR count). The zero-order valence-electron chi connectivity index (χ0n) is 21.6. The third-order valence-corrected chi connectivity index (χ3v) is 5.73. The highest BCUT2D eigenvalue weighted by Gasteiger charge is 2.56. The third-order valence-electron chi connectivity index (χ3n) is 5.73. The second-order valence-electron chi connectivity index (χ2n) is 9.98. The fourth-order valence-corrected chi connectivity index (χ4v) is 3.83. The molecule has 0 bridgehead atoms. The highest BCUT2D eigenvalue weighted by molar-refractivity contribution is 5.92. The molecule has 0 aromatic heterocycles. The minimum atomic E-state index is -2.35. The summed E-state index contributed by atoms with van der Waals surface area (Å²) in [7, 11) is 1.15. The number of rotatable bonds is 15. The van der Waals surface area contributed by atoms with Crippen LogP contribution in [0.3, 0.4) is 0 Å². The van der Waals surface area contributed by atoms with Gasteiger partial charge in [-0.05, 0) is 52.5 Å². The van der Waals surface area contributed by atoms with Gasteiger partial charge >= 0.3 is 17.9 Å². The number of methoxy groups -OCH3 is 1. The monoisotopic (exact) mass is 480 g/mol. The van der Waals surface area contributed by atoms with Gasteiger partial charge in [0, 0.05) is 6.42 Å². The van der Waals surface area contributed by atoms with E-state index in [2.05, 4.69) is 23.8 Å². The Morgan fingerprint density at radius 1 is 1.03 bits per heavy atom. The van der Waals surface area contributed by atoms with Crippen molar-refractivity contribution >= 4 is 17.9 Å². The Kier molecular flexibility index (Phi) is 13.2. The molecule has 1 aliphatic heterocycles. The van der Waals surface area contributed by atoms with Gasteiger partial charge in [0.2, 0.25) is 0 Å². The number of ether oxygens (including phenoxy) is 3. The number of aliphatic hydroxyl groups is 1. The lowest BCUT2D eigenvalue weighted by Gasteiger charge is -2.31. The average Bonchev–Trinajstić information content (AvgIpc) is 3.14. The van der Waals surface area contributed by atoms with Crippen LogP contribution >= 0.6 is 0 Å². The summed E-state index contributed by atoms with van der Waals surface area (Å²) in [5.74, 6) is -3.79. The molecule has 0 saturated carbocycles. The van der Waals surface area contributed by atoms with Crippen molar-refractivity contribution in [1.82, 2.24) is 0 Å². The molecular weight excluding hydrogens is 436 g/mol. The van der Waals surface area contributed by atoms with Gasteiger partial charge in [0.25, 0.3) is 0 Å². The molecule has 0 unspecified atom stereocenters. The van der Waals surface area contributed by atoms with Crippen molar-refractivity contribution < 1.29 is 33.7 Å². The zero-order chi connectivity index (χ0) is 25.6. The SMILES string of the molecule is CCCCCCCC/C=C\CC/C=C/[C@@H]1C[C@H]([C@](O)(CC(=O)OC)C(=O)OC(C)(C)C)C(=O)O1. The molecule has 0 radical (unpaired) electrons. The third kappa shape index (κ3) is 10.9. The zero-order valence-corrected chi connectivity index (χ0v) is 21.6. The molecule has 0 aliphatic carbocycles. The number of hydrogen-bond acceptors (Lipinski definition) is 7. The molecule has 1 fully saturated rings. The number of carbonyl (C=O) groups excluding carboxylic acids is 3. The first-order valence-corrected chi connectivity index (χ1v) is 12.6. The lowest BCUT2D eigenvalue weighted by atomic mass is 9.82. The number of allylic oxidation sites excluding steroid dienone is 3. The molecule has 0 spiro atoms. The molecule has 1 N–H and O–H groups in total. The summed E-state index contributed by atoms with van der Waals surface area (Å²) in [4.78, 5) is 37.1. The molecule has 1 saturated heterocycles. The van der Waals surface area contributed by atoms with E-state index >= 15 is 0 Å². The van der Waals surface area contributed by atoms with Gasteiger partial charge in [0.1, 0.15) is 17.6 Å². The molecule has 1 aliphatic rings. The summed E-state index contributed by atoms with van der Waals surface area (Å²) >= 11 is 0. The molecule has 7 heteroatoms. The van der Waals surface area contributed by atoms with Crippen LogP contribution in [0, 0.1) is 5.92 Å². The van der Waals surface area contributed by atoms with Crippen molar-refractivity contribution in [3.8, 4) is 0 Å². The number of unbranched alkanes of at least 4 members (excludes halogenated alkanes) is 7. The van der Waals surface area contributed by atoms with Crippen LogP contribution in [-0.4, -0.2) is 47.4 Å². The second-order valence-corrected chi connectivity index (χ2v) is 9.98. The number of hydrogen-bond donors (Lipinski definition) is 1. The summed E-state index contributed by atoms with van der Waals surface area (Å²) in [6, 6.07) is 0. The van der Waals surface area contributed by atoms with Crippen LogP contribution in [0.5, 0.6) is 0 Å². The van der Waals surface area contributed by atoms with E-state index in [9.17, 15) is 19.5 Å². The Balaban J connectivity index is 2.56. The van der Waals surface area contributed by atoms with Crippen molar-refractivity contribution in [3.05, 3.63) is 24.3 Å². The minimum absolute atomic E-state index is 0.0793. The van der Waals surface area contributed by atoms with E-state index in [1.165, 1.54) is 38.5 Å². The number of esters is 3. The standard InChI is InChI=1S/C27H44O7/c1-6-7-8-9-10-11-12-13-14-15-16-17-18-21-19-22(24(29)33-21)27(31,20-23(28)32-5)25(30)34-26(2,3)4/h13-14,17-18,21-22,31H,6-12,15-16,19-20H2,1-5H3/b14-13-,18-17+/t21-,22+,27-/m1/s1. The van der Waals surface area contributed by atoms with Gasteiger partial charge in [-0.2, -0.15) is 0 Å². The van der Waals surface area contributed by atoms with Gasteiger partial charge in [0.15, 0.2) is 5.60 Å². The van der Waals surface area contributed by atoms with Crippen molar-refractivity contribution in [3.63, 3.8) is 0 Å². The van der Waals surface area contributed by atoms with Crippen LogP contribution in [0.4, 0.5) is 0 Å². The first-order chi connectivity index (χ1) is 16.0. The Hall–Kier alpha value is -2.15. The Morgan fingerprint density at radius 2 is 1.65 bits per heavy atom. The molecule has 194 valence electrons. The normalized spacial score (nSPS) is 20.5. The minimum Gasteiger partial charge on any atom is -0.469 e. The Bertz CT molecular complexity index is 704. The van der Waals surface area contributed by atoms with E-state index in [0.717, 1.165) is 26.4 Å². The van der Waals surface area contributed by atoms with Gasteiger partial charge in [-0.1, -0.05) is 57.3 Å². The second kappa shape index (κ2) is 15.0. The van der Waals surface area contributed by atoms with Crippen LogP contribution in [-0.2, 0) is 28.6 Å². The predicted molar refractivity (Wildman–Crippen MR) is 131 cm³/mol. The van der Waals surface area contributed by atoms with E-state index in [4.69, 9.17) is 9.47 Å². The van der Waals surface area contributed by atoms with Crippen LogP contribution in [0.2, 0.25) is 0 Å². The first kappa shape index (κ1) is 29.9. The summed E-state index contributed by atoms with van der Waals surface area (Å²) in [6.45, 7) is 7.15. The molecule has 0 aromatic rings. The Labute approximate surface area is 204 Å². The highest BCUT2D eigenvalue weighted by atomic mass is 16.6. The number of cyclic esters (lactones) is 1. The quantitative estimate of drug-likeness (QED) is 0.149. The smallest absolute Gasteiger partial charge is 0.340 e. The Morgan fingerprint density at radius 3 is 2.29 bits per heavy atom. The van der Waals surface area contributed by atoms with Crippen molar-refractivity contribution in [2.24, 2.45) is 5.92 Å². The van der Waals surface area contributed by atoms with Crippen molar-refractivity contribution in [2.45, 2.75) is 116 Å². The highest BCUT2D eigenvalue weighted by Crippen LogP contribution is 2.36. The summed E-state index contributed by atoms with van der Waals surface area (Å²) in [6.07, 6.45) is 17.4. The fraction of sp³-hybridized carbons (Fsp3) is 0.741. The largest absolute Gasteiger partial charge is 0.469 e. The maximum Gasteiger partial charge on any atom is 0.340 e.